The second-order valence-electron chi connectivity index (χ2n) is 6.77. The molecule has 0 radical (unpaired) electrons. The Hall–Kier alpha value is -2.99. The van der Waals surface area contributed by atoms with Crippen LogP contribution in [0.1, 0.15) is 26.9 Å². The molecule has 2 aromatic carbocycles. The van der Waals surface area contributed by atoms with Gasteiger partial charge in [-0.05, 0) is 41.8 Å². The SMILES string of the molecule is CNC(=O)c1cccc(C(NC(C=O)NCCc2ccc(OC)c(OC)c2)S(=O)(=O)O)c1. The third-order valence-corrected chi connectivity index (χ3v) is 5.67. The number of amides is 1. The normalized spacial score (nSPS) is 13.1. The number of hydrogen-bond acceptors (Lipinski definition) is 8. The Bertz CT molecular complexity index is 1040. The molecule has 0 saturated carbocycles. The summed E-state index contributed by atoms with van der Waals surface area (Å²) in [5.41, 5.74) is 1.23. The van der Waals surface area contributed by atoms with Gasteiger partial charge in [0.2, 0.25) is 0 Å². The number of methoxy groups -OCH3 is 2. The van der Waals surface area contributed by atoms with Gasteiger partial charge in [-0.15, -0.1) is 0 Å². The van der Waals surface area contributed by atoms with Gasteiger partial charge >= 0.3 is 0 Å². The molecule has 0 saturated heterocycles. The molecule has 2 aromatic rings. The zero-order valence-corrected chi connectivity index (χ0v) is 18.8. The maximum absolute atomic E-state index is 12.0. The Kier molecular flexibility index (Phi) is 9.14. The lowest BCUT2D eigenvalue weighted by atomic mass is 10.1. The average Bonchev–Trinajstić information content (AvgIpc) is 2.79. The molecule has 10 nitrogen and oxygen atoms in total. The molecule has 0 fully saturated rings. The molecule has 0 aliphatic heterocycles. The van der Waals surface area contributed by atoms with Gasteiger partial charge in [-0.1, -0.05) is 18.2 Å². The number of carbonyl (C=O) groups excluding carboxylic acids is 2. The lowest BCUT2D eigenvalue weighted by Crippen LogP contribution is -2.47. The van der Waals surface area contributed by atoms with E-state index in [1.165, 1.54) is 45.5 Å². The lowest BCUT2D eigenvalue weighted by Gasteiger charge is -2.22. The number of ether oxygens (including phenoxy) is 2. The molecule has 32 heavy (non-hydrogen) atoms. The van der Waals surface area contributed by atoms with Crippen molar-refractivity contribution in [3.8, 4) is 11.5 Å². The molecule has 0 aliphatic carbocycles. The summed E-state index contributed by atoms with van der Waals surface area (Å²) < 4.78 is 44.1. The number of carbonyl (C=O) groups is 2. The molecule has 2 unspecified atom stereocenters. The van der Waals surface area contributed by atoms with Crippen LogP contribution in [-0.2, 0) is 21.3 Å². The third-order valence-electron chi connectivity index (χ3n) is 4.67. The highest BCUT2D eigenvalue weighted by molar-refractivity contribution is 7.86. The molecule has 0 heterocycles. The topological polar surface area (TPSA) is 143 Å². The molecule has 0 bridgehead atoms. The van der Waals surface area contributed by atoms with Gasteiger partial charge in [0.25, 0.3) is 16.0 Å². The Morgan fingerprint density at radius 2 is 1.84 bits per heavy atom. The van der Waals surface area contributed by atoms with Crippen LogP contribution in [-0.4, -0.2) is 59.1 Å². The van der Waals surface area contributed by atoms with Crippen molar-refractivity contribution in [1.82, 2.24) is 16.0 Å². The van der Waals surface area contributed by atoms with Gasteiger partial charge in [0.05, 0.1) is 14.2 Å². The van der Waals surface area contributed by atoms with E-state index in [0.29, 0.717) is 30.8 Å². The van der Waals surface area contributed by atoms with E-state index < -0.39 is 27.6 Å². The predicted molar refractivity (Wildman–Crippen MR) is 118 cm³/mol. The minimum Gasteiger partial charge on any atom is -0.493 e. The molecule has 1 amide bonds. The van der Waals surface area contributed by atoms with Crippen LogP contribution in [0.25, 0.3) is 0 Å². The first-order valence-electron chi connectivity index (χ1n) is 9.67. The molecule has 0 spiro atoms. The molecule has 2 rings (SSSR count). The number of aldehydes is 1. The van der Waals surface area contributed by atoms with Crippen molar-refractivity contribution in [2.24, 2.45) is 0 Å². The van der Waals surface area contributed by atoms with Crippen LogP contribution in [0.3, 0.4) is 0 Å². The minimum absolute atomic E-state index is 0.113. The van der Waals surface area contributed by atoms with E-state index in [1.54, 1.807) is 12.1 Å². The molecule has 0 aromatic heterocycles. The zero-order valence-electron chi connectivity index (χ0n) is 18.0. The number of rotatable bonds is 12. The molecule has 4 N–H and O–H groups in total. The maximum Gasteiger partial charge on any atom is 0.285 e. The van der Waals surface area contributed by atoms with Crippen LogP contribution in [0.15, 0.2) is 42.5 Å². The van der Waals surface area contributed by atoms with Gasteiger partial charge < -0.3 is 19.6 Å². The van der Waals surface area contributed by atoms with Crippen LogP contribution >= 0.6 is 0 Å². The summed E-state index contributed by atoms with van der Waals surface area (Å²) in [6, 6.07) is 11.2. The van der Waals surface area contributed by atoms with E-state index >= 15 is 0 Å². The summed E-state index contributed by atoms with van der Waals surface area (Å²) in [6.45, 7) is 0.322. The van der Waals surface area contributed by atoms with Crippen LogP contribution in [0.2, 0.25) is 0 Å². The van der Waals surface area contributed by atoms with Crippen molar-refractivity contribution in [3.63, 3.8) is 0 Å². The van der Waals surface area contributed by atoms with Crippen LogP contribution in [0.5, 0.6) is 11.5 Å². The van der Waals surface area contributed by atoms with Crippen LogP contribution in [0.4, 0.5) is 0 Å². The van der Waals surface area contributed by atoms with Crippen molar-refractivity contribution in [2.45, 2.75) is 18.0 Å². The monoisotopic (exact) mass is 465 g/mol. The van der Waals surface area contributed by atoms with Gasteiger partial charge in [0.1, 0.15) is 6.17 Å². The zero-order chi connectivity index (χ0) is 23.7. The molecule has 11 heteroatoms. The van der Waals surface area contributed by atoms with Gasteiger partial charge in [0, 0.05) is 19.2 Å². The highest BCUT2D eigenvalue weighted by Crippen LogP contribution is 2.27. The maximum atomic E-state index is 12.0. The molecular weight excluding hydrogens is 438 g/mol. The summed E-state index contributed by atoms with van der Waals surface area (Å²) >= 11 is 0. The highest BCUT2D eigenvalue weighted by atomic mass is 32.2. The van der Waals surface area contributed by atoms with E-state index in [-0.39, 0.29) is 11.1 Å². The number of benzene rings is 2. The van der Waals surface area contributed by atoms with Crippen LogP contribution in [0, 0.1) is 0 Å². The smallest absolute Gasteiger partial charge is 0.285 e. The van der Waals surface area contributed by atoms with Gasteiger partial charge in [0.15, 0.2) is 23.2 Å². The van der Waals surface area contributed by atoms with Crippen molar-refractivity contribution < 1.29 is 32.0 Å². The second-order valence-corrected chi connectivity index (χ2v) is 8.27. The first kappa shape index (κ1) is 25.3. The summed E-state index contributed by atoms with van der Waals surface area (Å²) in [6.07, 6.45) is -0.0736. The van der Waals surface area contributed by atoms with Crippen molar-refractivity contribution in [3.05, 3.63) is 59.2 Å². The van der Waals surface area contributed by atoms with Crippen LogP contribution < -0.4 is 25.4 Å². The Balaban J connectivity index is 2.11. The van der Waals surface area contributed by atoms with Crippen molar-refractivity contribution in [1.29, 1.82) is 0 Å². The standard InChI is InChI=1S/C21H27N3O7S/c1-22-20(26)15-5-4-6-16(12-15)21(32(27,28)29)24-19(13-25)23-10-9-14-7-8-17(30-2)18(11-14)31-3/h4-8,11-13,19,21,23-24H,9-10H2,1-3H3,(H,22,26)(H,27,28,29). The van der Waals surface area contributed by atoms with E-state index in [1.807, 2.05) is 6.07 Å². The van der Waals surface area contributed by atoms with Gasteiger partial charge in [-0.3, -0.25) is 20.0 Å². The van der Waals surface area contributed by atoms with E-state index in [0.717, 1.165) is 5.56 Å². The molecular formula is C21H27N3O7S. The first-order chi connectivity index (χ1) is 15.2. The summed E-state index contributed by atoms with van der Waals surface area (Å²) in [5, 5.41) is 6.30. The summed E-state index contributed by atoms with van der Waals surface area (Å²) in [5.74, 6) is 0.741. The largest absolute Gasteiger partial charge is 0.493 e. The van der Waals surface area contributed by atoms with E-state index in [4.69, 9.17) is 9.47 Å². The molecule has 174 valence electrons. The Labute approximate surface area is 187 Å². The first-order valence-corrected chi connectivity index (χ1v) is 11.2. The van der Waals surface area contributed by atoms with Crippen molar-refractivity contribution in [2.75, 3.05) is 27.8 Å². The molecule has 2 atom stereocenters. The Morgan fingerprint density at radius 1 is 1.12 bits per heavy atom. The fourth-order valence-corrected chi connectivity index (χ4v) is 3.87. The predicted octanol–water partition coefficient (Wildman–Crippen LogP) is 0.897. The number of nitrogens with one attached hydrogen (secondary N) is 3. The fraction of sp³-hybridized carbons (Fsp3) is 0.333. The summed E-state index contributed by atoms with van der Waals surface area (Å²) in [4.78, 5) is 23.4. The molecule has 0 aliphatic rings. The second kappa shape index (κ2) is 11.6. The third kappa shape index (κ3) is 6.76. The van der Waals surface area contributed by atoms with Gasteiger partial charge in [-0.2, -0.15) is 8.42 Å². The van der Waals surface area contributed by atoms with E-state index in [9.17, 15) is 22.6 Å². The number of hydrogen-bond donors (Lipinski definition) is 4. The van der Waals surface area contributed by atoms with Gasteiger partial charge in [-0.25, -0.2) is 0 Å². The summed E-state index contributed by atoms with van der Waals surface area (Å²) in [7, 11) is -0.130. The Morgan fingerprint density at radius 3 is 2.44 bits per heavy atom. The fourth-order valence-electron chi connectivity index (χ4n) is 3.06. The van der Waals surface area contributed by atoms with Crippen molar-refractivity contribution >= 4 is 22.3 Å². The average molecular weight is 466 g/mol. The lowest BCUT2D eigenvalue weighted by molar-refractivity contribution is -0.110. The highest BCUT2D eigenvalue weighted by Gasteiger charge is 2.28. The minimum atomic E-state index is -4.64. The van der Waals surface area contributed by atoms with E-state index in [2.05, 4.69) is 16.0 Å². The quantitative estimate of drug-likeness (QED) is 0.204.